The fourth-order valence-electron chi connectivity index (χ4n) is 2.65. The summed E-state index contributed by atoms with van der Waals surface area (Å²) in [6.45, 7) is 2.01. The van der Waals surface area contributed by atoms with Crippen molar-refractivity contribution in [2.24, 2.45) is 0 Å². The normalized spacial score (nSPS) is 20.6. The summed E-state index contributed by atoms with van der Waals surface area (Å²) in [6.07, 6.45) is -0.182. The lowest BCUT2D eigenvalue weighted by Crippen LogP contribution is -2.19. The fourth-order valence-corrected chi connectivity index (χ4v) is 3.15. The van der Waals surface area contributed by atoms with Crippen molar-refractivity contribution in [1.82, 2.24) is 0 Å². The van der Waals surface area contributed by atoms with Crippen LogP contribution in [0.1, 0.15) is 35.3 Å². The number of halogens is 1. The Labute approximate surface area is 132 Å². The van der Waals surface area contributed by atoms with Crippen LogP contribution >= 0.6 is 15.9 Å². The van der Waals surface area contributed by atoms with Gasteiger partial charge in [0, 0.05) is 22.0 Å². The molecule has 1 heterocycles. The topological polar surface area (TPSA) is 38.7 Å². The maximum absolute atomic E-state index is 10.4. The minimum Gasteiger partial charge on any atom is -0.497 e. The molecule has 0 amide bonds. The summed E-state index contributed by atoms with van der Waals surface area (Å²) in [7, 11) is 1.64. The minimum atomic E-state index is -0.517. The van der Waals surface area contributed by atoms with Gasteiger partial charge in [0.1, 0.15) is 17.6 Å². The third-order valence-corrected chi connectivity index (χ3v) is 4.50. The van der Waals surface area contributed by atoms with Gasteiger partial charge in [0.05, 0.1) is 13.2 Å². The van der Waals surface area contributed by atoms with Crippen LogP contribution in [0, 0.1) is 6.92 Å². The maximum atomic E-state index is 10.4. The molecule has 2 aromatic carbocycles. The number of benzene rings is 2. The molecule has 0 saturated heterocycles. The Morgan fingerprint density at radius 3 is 2.76 bits per heavy atom. The van der Waals surface area contributed by atoms with E-state index in [1.807, 2.05) is 43.3 Å². The number of hydrogen-bond donors (Lipinski definition) is 1. The smallest absolute Gasteiger partial charge is 0.128 e. The molecule has 0 bridgehead atoms. The molecule has 3 rings (SSSR count). The summed E-state index contributed by atoms with van der Waals surface area (Å²) in [5.41, 5.74) is 2.97. The molecule has 0 aliphatic carbocycles. The first-order valence-corrected chi connectivity index (χ1v) is 7.66. The zero-order valence-corrected chi connectivity index (χ0v) is 13.6. The van der Waals surface area contributed by atoms with Crippen molar-refractivity contribution in [3.8, 4) is 11.5 Å². The molecule has 21 heavy (non-hydrogen) atoms. The fraction of sp³-hybridized carbons (Fsp3) is 0.294. The summed E-state index contributed by atoms with van der Waals surface area (Å²) in [5, 5.41) is 10.4. The van der Waals surface area contributed by atoms with E-state index in [0.29, 0.717) is 6.42 Å². The van der Waals surface area contributed by atoms with Gasteiger partial charge in [0.15, 0.2) is 0 Å². The predicted molar refractivity (Wildman–Crippen MR) is 84.8 cm³/mol. The van der Waals surface area contributed by atoms with E-state index >= 15 is 0 Å². The zero-order valence-electron chi connectivity index (χ0n) is 12.0. The van der Waals surface area contributed by atoms with Crippen molar-refractivity contribution in [3.05, 3.63) is 57.6 Å². The van der Waals surface area contributed by atoms with Gasteiger partial charge in [0.2, 0.25) is 0 Å². The van der Waals surface area contributed by atoms with Crippen LogP contribution in [0.15, 0.2) is 40.9 Å². The maximum Gasteiger partial charge on any atom is 0.128 e. The van der Waals surface area contributed by atoms with Crippen LogP contribution in [0.3, 0.4) is 0 Å². The van der Waals surface area contributed by atoms with E-state index in [9.17, 15) is 5.11 Å². The van der Waals surface area contributed by atoms with Crippen LogP contribution in [0.5, 0.6) is 11.5 Å². The summed E-state index contributed by atoms with van der Waals surface area (Å²) in [4.78, 5) is 0. The molecule has 0 spiro atoms. The third kappa shape index (κ3) is 2.78. The standard InChI is InChI=1S/C17H17BrO3/c1-10-3-6-16-13(7-10)15(19)9-17(21-16)12-8-11(20-2)4-5-14(12)18/h3-8,15,17,19H,9H2,1-2H3/t15-,17?/m0/s1. The van der Waals surface area contributed by atoms with E-state index in [2.05, 4.69) is 15.9 Å². The molecule has 0 fully saturated rings. The van der Waals surface area contributed by atoms with E-state index in [0.717, 1.165) is 32.7 Å². The van der Waals surface area contributed by atoms with Crippen LogP contribution in [0.25, 0.3) is 0 Å². The molecule has 4 heteroatoms. The van der Waals surface area contributed by atoms with E-state index < -0.39 is 6.10 Å². The van der Waals surface area contributed by atoms with Crippen molar-refractivity contribution in [2.75, 3.05) is 7.11 Å². The Kier molecular flexibility index (Phi) is 3.91. The van der Waals surface area contributed by atoms with Crippen molar-refractivity contribution < 1.29 is 14.6 Å². The van der Waals surface area contributed by atoms with Crippen LogP contribution < -0.4 is 9.47 Å². The first-order valence-electron chi connectivity index (χ1n) is 6.87. The van der Waals surface area contributed by atoms with Gasteiger partial charge in [-0.25, -0.2) is 0 Å². The van der Waals surface area contributed by atoms with Crippen LogP contribution in [-0.4, -0.2) is 12.2 Å². The highest BCUT2D eigenvalue weighted by Gasteiger charge is 2.29. The average molecular weight is 349 g/mol. The Bertz CT molecular complexity index is 669. The van der Waals surface area contributed by atoms with Crippen LogP contribution in [-0.2, 0) is 0 Å². The van der Waals surface area contributed by atoms with Gasteiger partial charge in [-0.05, 0) is 37.3 Å². The highest BCUT2D eigenvalue weighted by Crippen LogP contribution is 2.43. The van der Waals surface area contributed by atoms with Gasteiger partial charge in [0.25, 0.3) is 0 Å². The molecule has 3 nitrogen and oxygen atoms in total. The average Bonchev–Trinajstić information content (AvgIpc) is 2.48. The Morgan fingerprint density at radius 1 is 1.19 bits per heavy atom. The Balaban J connectivity index is 1.97. The molecule has 110 valence electrons. The SMILES string of the molecule is COc1ccc(Br)c(C2C[C@H](O)c3cc(C)ccc3O2)c1. The summed E-state index contributed by atoms with van der Waals surface area (Å²) >= 11 is 3.55. The summed E-state index contributed by atoms with van der Waals surface area (Å²) < 4.78 is 12.3. The number of rotatable bonds is 2. The third-order valence-electron chi connectivity index (χ3n) is 3.78. The number of fused-ring (bicyclic) bond motifs is 1. The van der Waals surface area contributed by atoms with E-state index in [-0.39, 0.29) is 6.10 Å². The molecule has 2 atom stereocenters. The molecular weight excluding hydrogens is 332 g/mol. The first-order chi connectivity index (χ1) is 10.1. The second kappa shape index (κ2) is 5.70. The quantitative estimate of drug-likeness (QED) is 0.877. The molecule has 2 aromatic rings. The van der Waals surface area contributed by atoms with Crippen molar-refractivity contribution in [3.63, 3.8) is 0 Å². The number of aliphatic hydroxyl groups is 1. The number of hydrogen-bond acceptors (Lipinski definition) is 3. The molecule has 1 N–H and O–H groups in total. The van der Waals surface area contributed by atoms with Gasteiger partial charge in [-0.3, -0.25) is 0 Å². The van der Waals surface area contributed by atoms with E-state index in [1.165, 1.54) is 0 Å². The number of aryl methyl sites for hydroxylation is 1. The highest BCUT2D eigenvalue weighted by molar-refractivity contribution is 9.10. The number of ether oxygens (including phenoxy) is 2. The van der Waals surface area contributed by atoms with Gasteiger partial charge in [-0.2, -0.15) is 0 Å². The largest absolute Gasteiger partial charge is 0.497 e. The lowest BCUT2D eigenvalue weighted by atomic mass is 9.94. The summed E-state index contributed by atoms with van der Waals surface area (Å²) in [6, 6.07) is 11.7. The van der Waals surface area contributed by atoms with Crippen molar-refractivity contribution in [2.45, 2.75) is 25.6 Å². The van der Waals surface area contributed by atoms with E-state index in [1.54, 1.807) is 7.11 Å². The minimum absolute atomic E-state index is 0.195. The number of aliphatic hydroxyl groups excluding tert-OH is 1. The van der Waals surface area contributed by atoms with Gasteiger partial charge < -0.3 is 14.6 Å². The monoisotopic (exact) mass is 348 g/mol. The molecule has 1 unspecified atom stereocenters. The first kappa shape index (κ1) is 14.4. The van der Waals surface area contributed by atoms with Crippen LogP contribution in [0.2, 0.25) is 0 Å². The Morgan fingerprint density at radius 2 is 2.00 bits per heavy atom. The van der Waals surface area contributed by atoms with Crippen molar-refractivity contribution >= 4 is 15.9 Å². The Hall–Kier alpha value is -1.52. The lowest BCUT2D eigenvalue weighted by Gasteiger charge is -2.30. The summed E-state index contributed by atoms with van der Waals surface area (Å²) in [5.74, 6) is 1.53. The highest BCUT2D eigenvalue weighted by atomic mass is 79.9. The van der Waals surface area contributed by atoms with E-state index in [4.69, 9.17) is 9.47 Å². The molecule has 0 aromatic heterocycles. The number of methoxy groups -OCH3 is 1. The zero-order chi connectivity index (χ0) is 15.0. The van der Waals surface area contributed by atoms with Crippen LogP contribution in [0.4, 0.5) is 0 Å². The second-order valence-corrected chi connectivity index (χ2v) is 6.14. The lowest BCUT2D eigenvalue weighted by molar-refractivity contribution is 0.0652. The molecule has 0 radical (unpaired) electrons. The second-order valence-electron chi connectivity index (χ2n) is 5.29. The van der Waals surface area contributed by atoms with Gasteiger partial charge in [-0.1, -0.05) is 27.6 Å². The molecule has 0 saturated carbocycles. The molecule has 1 aliphatic rings. The molecule has 1 aliphatic heterocycles. The molecular formula is C17H17BrO3. The van der Waals surface area contributed by atoms with Crippen molar-refractivity contribution in [1.29, 1.82) is 0 Å². The van der Waals surface area contributed by atoms with Gasteiger partial charge >= 0.3 is 0 Å². The predicted octanol–water partition coefficient (Wildman–Crippen LogP) is 4.32. The van der Waals surface area contributed by atoms with Gasteiger partial charge in [-0.15, -0.1) is 0 Å².